The molecule has 0 saturated carbocycles. The molecule has 0 amide bonds. The Morgan fingerprint density at radius 1 is 0.429 bits per heavy atom. The van der Waals surface area contributed by atoms with Gasteiger partial charge in [-0.05, 0) is 50.9 Å². The summed E-state index contributed by atoms with van der Waals surface area (Å²) < 4.78 is 0. The molecule has 0 saturated heterocycles. The van der Waals surface area contributed by atoms with E-state index in [0.717, 1.165) is 49.7 Å². The van der Waals surface area contributed by atoms with Crippen LogP contribution < -0.4 is 0 Å². The number of hydrogen-bond acceptors (Lipinski definition) is 4. The van der Waals surface area contributed by atoms with E-state index in [1.54, 1.807) is 0 Å². The summed E-state index contributed by atoms with van der Waals surface area (Å²) in [6.07, 6.45) is 0. The third-order valence-corrected chi connectivity index (χ3v) is 9.63. The van der Waals surface area contributed by atoms with Gasteiger partial charge in [0.1, 0.15) is 0 Å². The first-order chi connectivity index (χ1) is 24.3. The van der Waals surface area contributed by atoms with E-state index in [-0.39, 0.29) is 0 Å². The van der Waals surface area contributed by atoms with Gasteiger partial charge in [0.2, 0.25) is 0 Å². The molecule has 7 aromatic carbocycles. The van der Waals surface area contributed by atoms with E-state index >= 15 is 0 Å². The summed E-state index contributed by atoms with van der Waals surface area (Å²) >= 11 is 0. The van der Waals surface area contributed by atoms with E-state index in [2.05, 4.69) is 109 Å². The van der Waals surface area contributed by atoms with Gasteiger partial charge in [-0.15, -0.1) is 0 Å². The van der Waals surface area contributed by atoms with Gasteiger partial charge in [-0.25, -0.2) is 15.0 Å². The average Bonchev–Trinajstić information content (AvgIpc) is 3.49. The highest BCUT2D eigenvalue weighted by Gasteiger charge is 2.47. The number of aromatic nitrogens is 3. The van der Waals surface area contributed by atoms with E-state index in [1.807, 2.05) is 66.7 Å². The number of rotatable bonds is 5. The normalized spacial score (nSPS) is 14.6. The molecular weight excluding hydrogens is 597 g/mol. The molecule has 49 heavy (non-hydrogen) atoms. The van der Waals surface area contributed by atoms with Crippen molar-refractivity contribution < 1.29 is 0 Å². The van der Waals surface area contributed by atoms with E-state index in [0.29, 0.717) is 23.0 Å². The lowest BCUT2D eigenvalue weighted by atomic mass is 9.67. The predicted octanol–water partition coefficient (Wildman–Crippen LogP) is 10.3. The molecule has 0 fully saturated rings. The second kappa shape index (κ2) is 11.5. The minimum atomic E-state index is -0.698. The zero-order valence-electron chi connectivity index (χ0n) is 26.5. The fourth-order valence-electron chi connectivity index (χ4n) is 7.53. The molecule has 4 heteroatoms. The molecule has 1 aromatic heterocycles. The highest BCUT2D eigenvalue weighted by molar-refractivity contribution is 6.06. The van der Waals surface area contributed by atoms with Crippen molar-refractivity contribution in [2.75, 3.05) is 0 Å². The second-order valence-corrected chi connectivity index (χ2v) is 12.3. The maximum Gasteiger partial charge on any atom is 0.164 e. The Kier molecular flexibility index (Phi) is 6.71. The SMILES string of the molecule is N#Cc1cc2c(c3ccccc13)-c1ccccc1C2(c1ccccc1)c1cccc(-c2nc(-c3ccccc3)nc(-c3ccccc3)n2)c1. The zero-order valence-corrected chi connectivity index (χ0v) is 26.5. The van der Waals surface area contributed by atoms with Gasteiger partial charge in [-0.1, -0.05) is 158 Å². The van der Waals surface area contributed by atoms with Gasteiger partial charge in [0.25, 0.3) is 0 Å². The highest BCUT2D eigenvalue weighted by atomic mass is 15.0. The van der Waals surface area contributed by atoms with E-state index in [4.69, 9.17) is 15.0 Å². The Morgan fingerprint density at radius 2 is 0.939 bits per heavy atom. The first kappa shape index (κ1) is 28.5. The lowest BCUT2D eigenvalue weighted by Crippen LogP contribution is -2.28. The van der Waals surface area contributed by atoms with Crippen molar-refractivity contribution in [3.63, 3.8) is 0 Å². The minimum absolute atomic E-state index is 0.598. The molecule has 0 aliphatic heterocycles. The first-order valence-corrected chi connectivity index (χ1v) is 16.4. The average molecular weight is 625 g/mol. The van der Waals surface area contributed by atoms with Crippen LogP contribution in [0.5, 0.6) is 0 Å². The maximum absolute atomic E-state index is 10.5. The van der Waals surface area contributed by atoms with Crippen molar-refractivity contribution >= 4 is 10.8 Å². The van der Waals surface area contributed by atoms with Gasteiger partial charge in [-0.3, -0.25) is 0 Å². The molecule has 1 aliphatic carbocycles. The Balaban J connectivity index is 1.34. The maximum atomic E-state index is 10.5. The summed E-state index contributed by atoms with van der Waals surface area (Å²) in [4.78, 5) is 15.0. The summed E-state index contributed by atoms with van der Waals surface area (Å²) in [5, 5.41) is 12.5. The van der Waals surface area contributed by atoms with Crippen LogP contribution >= 0.6 is 0 Å². The van der Waals surface area contributed by atoms with Gasteiger partial charge < -0.3 is 0 Å². The highest BCUT2D eigenvalue weighted by Crippen LogP contribution is 2.58. The summed E-state index contributed by atoms with van der Waals surface area (Å²) in [6, 6.07) is 60.9. The number of benzene rings is 7. The topological polar surface area (TPSA) is 62.5 Å². The van der Waals surface area contributed by atoms with Crippen LogP contribution in [0.2, 0.25) is 0 Å². The fraction of sp³-hybridized carbons (Fsp3) is 0.0222. The van der Waals surface area contributed by atoms with Crippen molar-refractivity contribution in [2.24, 2.45) is 0 Å². The van der Waals surface area contributed by atoms with Crippen LogP contribution in [0.3, 0.4) is 0 Å². The predicted molar refractivity (Wildman–Crippen MR) is 196 cm³/mol. The molecule has 1 aliphatic rings. The molecule has 0 spiro atoms. The monoisotopic (exact) mass is 624 g/mol. The van der Waals surface area contributed by atoms with Crippen LogP contribution in [0.4, 0.5) is 0 Å². The van der Waals surface area contributed by atoms with Crippen molar-refractivity contribution in [3.8, 4) is 51.4 Å². The summed E-state index contributed by atoms with van der Waals surface area (Å²) in [6.45, 7) is 0. The van der Waals surface area contributed by atoms with Crippen molar-refractivity contribution in [2.45, 2.75) is 5.41 Å². The van der Waals surface area contributed by atoms with Crippen molar-refractivity contribution in [3.05, 3.63) is 198 Å². The fourth-order valence-corrected chi connectivity index (χ4v) is 7.53. The van der Waals surface area contributed by atoms with Crippen molar-refractivity contribution in [1.82, 2.24) is 15.0 Å². The largest absolute Gasteiger partial charge is 0.208 e. The molecule has 9 rings (SSSR count). The zero-order chi connectivity index (χ0) is 32.8. The van der Waals surface area contributed by atoms with Gasteiger partial charge in [0, 0.05) is 22.1 Å². The van der Waals surface area contributed by atoms with Crippen LogP contribution in [-0.4, -0.2) is 15.0 Å². The standard InChI is InChI=1S/C45H28N4/c46-29-33-28-40-41(37-24-11-10-23-36(33)37)38-25-12-13-26-39(38)45(40,34-20-8-3-9-21-34)35-22-14-19-32(27-35)44-48-42(30-15-4-1-5-16-30)47-43(49-44)31-17-6-2-7-18-31/h1-28H. The third kappa shape index (κ3) is 4.48. The van der Waals surface area contributed by atoms with Crippen LogP contribution in [-0.2, 0) is 5.41 Å². The number of fused-ring (bicyclic) bond motifs is 5. The molecule has 1 heterocycles. The van der Waals surface area contributed by atoms with Gasteiger partial charge >= 0.3 is 0 Å². The third-order valence-electron chi connectivity index (χ3n) is 9.63. The van der Waals surface area contributed by atoms with E-state index < -0.39 is 5.41 Å². The number of hydrogen-bond donors (Lipinski definition) is 0. The quantitative estimate of drug-likeness (QED) is 0.191. The van der Waals surface area contributed by atoms with Crippen LogP contribution in [0.25, 0.3) is 56.1 Å². The smallest absolute Gasteiger partial charge is 0.164 e. The molecule has 0 radical (unpaired) electrons. The molecule has 4 nitrogen and oxygen atoms in total. The minimum Gasteiger partial charge on any atom is -0.208 e. The molecule has 8 aromatic rings. The number of nitriles is 1. The number of nitrogens with zero attached hydrogens (tertiary/aromatic N) is 4. The Hall–Kier alpha value is -6.70. The van der Waals surface area contributed by atoms with Crippen LogP contribution in [0, 0.1) is 11.3 Å². The Bertz CT molecular complexity index is 2500. The van der Waals surface area contributed by atoms with Gasteiger partial charge in [0.15, 0.2) is 17.5 Å². The summed E-state index contributed by atoms with van der Waals surface area (Å²) in [7, 11) is 0. The second-order valence-electron chi connectivity index (χ2n) is 12.3. The van der Waals surface area contributed by atoms with Gasteiger partial charge in [0.05, 0.1) is 17.0 Å². The molecule has 1 atom stereocenters. The summed E-state index contributed by atoms with van der Waals surface area (Å²) in [5.74, 6) is 1.84. The molecular formula is C45H28N4. The summed E-state index contributed by atoms with van der Waals surface area (Å²) in [5.41, 5.74) is 9.51. The molecule has 0 bridgehead atoms. The molecule has 1 unspecified atom stereocenters. The first-order valence-electron chi connectivity index (χ1n) is 16.4. The van der Waals surface area contributed by atoms with E-state index in [1.165, 1.54) is 11.1 Å². The van der Waals surface area contributed by atoms with E-state index in [9.17, 15) is 5.26 Å². The Labute approximate surface area is 284 Å². The van der Waals surface area contributed by atoms with Crippen LogP contribution in [0.1, 0.15) is 27.8 Å². The van der Waals surface area contributed by atoms with Crippen LogP contribution in [0.15, 0.2) is 170 Å². The lowest BCUT2D eigenvalue weighted by Gasteiger charge is -2.34. The van der Waals surface area contributed by atoms with Gasteiger partial charge in [-0.2, -0.15) is 5.26 Å². The Morgan fingerprint density at radius 3 is 1.59 bits per heavy atom. The molecule has 228 valence electrons. The lowest BCUT2D eigenvalue weighted by molar-refractivity contribution is 0.769. The molecule has 0 N–H and O–H groups in total. The van der Waals surface area contributed by atoms with Crippen molar-refractivity contribution in [1.29, 1.82) is 5.26 Å².